The van der Waals surface area contributed by atoms with Crippen LogP contribution in [-0.2, 0) is 14.8 Å². The van der Waals surface area contributed by atoms with Gasteiger partial charge in [0.2, 0.25) is 10.0 Å². The van der Waals surface area contributed by atoms with Gasteiger partial charge in [-0.3, -0.25) is 0 Å². The number of methoxy groups -OCH3 is 1. The molecule has 0 saturated heterocycles. The second kappa shape index (κ2) is 6.30. The molecule has 1 aromatic heterocycles. The monoisotopic (exact) mass is 278 g/mol. The first-order valence-electron chi connectivity index (χ1n) is 5.05. The summed E-state index contributed by atoms with van der Waals surface area (Å²) in [5, 5.41) is 0.269. The highest BCUT2D eigenvalue weighted by atomic mass is 35.5. The molecule has 0 N–H and O–H groups in total. The van der Waals surface area contributed by atoms with Gasteiger partial charge < -0.3 is 4.74 Å². The van der Waals surface area contributed by atoms with Gasteiger partial charge in [0, 0.05) is 33.5 Å². The second-order valence-corrected chi connectivity index (χ2v) is 5.92. The molecule has 0 fully saturated rings. The quantitative estimate of drug-likeness (QED) is 0.583. The zero-order chi connectivity index (χ0) is 12.9. The van der Waals surface area contributed by atoms with Crippen molar-refractivity contribution in [3.05, 3.63) is 23.5 Å². The van der Waals surface area contributed by atoms with E-state index < -0.39 is 10.0 Å². The standard InChI is InChI=1S/C10H15ClN2O3S/c1-13(6-3-7-16-2)17(14,15)9-4-5-10(11)12-8-9/h4-5,8H,3,6-7H2,1-2H3. The molecule has 17 heavy (non-hydrogen) atoms. The fourth-order valence-electron chi connectivity index (χ4n) is 1.25. The number of nitrogens with zero attached hydrogens (tertiary/aromatic N) is 2. The maximum Gasteiger partial charge on any atom is 0.244 e. The summed E-state index contributed by atoms with van der Waals surface area (Å²) < 4.78 is 30.2. The van der Waals surface area contributed by atoms with Crippen molar-refractivity contribution in [2.24, 2.45) is 0 Å². The van der Waals surface area contributed by atoms with Gasteiger partial charge in [-0.1, -0.05) is 11.6 Å². The Morgan fingerprint density at radius 1 is 1.47 bits per heavy atom. The summed E-state index contributed by atoms with van der Waals surface area (Å²) in [5.41, 5.74) is 0. The number of hydrogen-bond donors (Lipinski definition) is 0. The highest BCUT2D eigenvalue weighted by Crippen LogP contribution is 2.15. The third kappa shape index (κ3) is 3.92. The Kier molecular flexibility index (Phi) is 5.32. The second-order valence-electron chi connectivity index (χ2n) is 3.49. The van der Waals surface area contributed by atoms with Crippen LogP contribution in [0.2, 0.25) is 5.15 Å². The molecule has 0 unspecified atom stereocenters. The molecule has 1 rings (SSSR count). The molecule has 0 bridgehead atoms. The van der Waals surface area contributed by atoms with Crippen LogP contribution in [0.15, 0.2) is 23.2 Å². The SMILES string of the molecule is COCCCN(C)S(=O)(=O)c1ccc(Cl)nc1. The van der Waals surface area contributed by atoms with Crippen molar-refractivity contribution in [3.8, 4) is 0 Å². The van der Waals surface area contributed by atoms with E-state index in [1.165, 1.54) is 29.7 Å². The largest absolute Gasteiger partial charge is 0.385 e. The molecule has 0 saturated carbocycles. The lowest BCUT2D eigenvalue weighted by atomic mass is 10.5. The van der Waals surface area contributed by atoms with E-state index in [1.54, 1.807) is 7.11 Å². The van der Waals surface area contributed by atoms with Crippen LogP contribution in [0.25, 0.3) is 0 Å². The normalized spacial score (nSPS) is 12.0. The summed E-state index contributed by atoms with van der Waals surface area (Å²) in [7, 11) is -0.371. The lowest BCUT2D eigenvalue weighted by molar-refractivity contribution is 0.189. The average Bonchev–Trinajstić information content (AvgIpc) is 2.29. The van der Waals surface area contributed by atoms with Crippen molar-refractivity contribution in [2.45, 2.75) is 11.3 Å². The molecule has 1 aromatic rings. The molecule has 0 aromatic carbocycles. The van der Waals surface area contributed by atoms with Crippen LogP contribution in [0.4, 0.5) is 0 Å². The number of aromatic nitrogens is 1. The van der Waals surface area contributed by atoms with Crippen LogP contribution in [0.3, 0.4) is 0 Å². The first-order chi connectivity index (χ1) is 7.98. The minimum atomic E-state index is -3.48. The van der Waals surface area contributed by atoms with E-state index in [9.17, 15) is 8.42 Å². The fourth-order valence-corrected chi connectivity index (χ4v) is 2.51. The fraction of sp³-hybridized carbons (Fsp3) is 0.500. The Morgan fingerprint density at radius 2 is 2.18 bits per heavy atom. The van der Waals surface area contributed by atoms with E-state index >= 15 is 0 Å². The van der Waals surface area contributed by atoms with Crippen LogP contribution in [0.5, 0.6) is 0 Å². The molecule has 1 heterocycles. The maximum absolute atomic E-state index is 12.0. The van der Waals surface area contributed by atoms with E-state index in [2.05, 4.69) is 4.98 Å². The van der Waals surface area contributed by atoms with Crippen molar-refractivity contribution in [1.29, 1.82) is 0 Å². The molecule has 0 spiro atoms. The smallest absolute Gasteiger partial charge is 0.244 e. The van der Waals surface area contributed by atoms with Crippen molar-refractivity contribution in [1.82, 2.24) is 9.29 Å². The van der Waals surface area contributed by atoms with Crippen LogP contribution in [0.1, 0.15) is 6.42 Å². The van der Waals surface area contributed by atoms with Gasteiger partial charge in [0.05, 0.1) is 0 Å². The Hall–Kier alpha value is -0.690. The lowest BCUT2D eigenvalue weighted by Gasteiger charge is -2.16. The topological polar surface area (TPSA) is 59.5 Å². The predicted octanol–water partition coefficient (Wildman–Crippen LogP) is 1.39. The number of rotatable bonds is 6. The molecule has 0 amide bonds. The van der Waals surface area contributed by atoms with Crippen molar-refractivity contribution in [2.75, 3.05) is 27.3 Å². The average molecular weight is 279 g/mol. The Balaban J connectivity index is 2.76. The number of sulfonamides is 1. The van der Waals surface area contributed by atoms with Crippen LogP contribution in [-0.4, -0.2) is 45.0 Å². The zero-order valence-electron chi connectivity index (χ0n) is 9.76. The summed E-state index contributed by atoms with van der Waals surface area (Å²) in [4.78, 5) is 3.90. The molecular formula is C10H15ClN2O3S. The molecule has 0 radical (unpaired) electrons. The summed E-state index contributed by atoms with van der Waals surface area (Å²) in [6, 6.07) is 2.90. The van der Waals surface area contributed by atoms with Crippen molar-refractivity contribution in [3.63, 3.8) is 0 Å². The third-order valence-electron chi connectivity index (χ3n) is 2.23. The van der Waals surface area contributed by atoms with Gasteiger partial charge >= 0.3 is 0 Å². The van der Waals surface area contributed by atoms with Gasteiger partial charge in [0.1, 0.15) is 10.0 Å². The Bertz CT molecular complexity index is 447. The Morgan fingerprint density at radius 3 is 2.71 bits per heavy atom. The minimum Gasteiger partial charge on any atom is -0.385 e. The first-order valence-corrected chi connectivity index (χ1v) is 6.87. The highest BCUT2D eigenvalue weighted by Gasteiger charge is 2.20. The van der Waals surface area contributed by atoms with Crippen LogP contribution >= 0.6 is 11.6 Å². The van der Waals surface area contributed by atoms with E-state index in [0.29, 0.717) is 19.6 Å². The van der Waals surface area contributed by atoms with E-state index in [0.717, 1.165) is 0 Å². The summed E-state index contributed by atoms with van der Waals surface area (Å²) in [6.45, 7) is 0.928. The number of pyridine rings is 1. The van der Waals surface area contributed by atoms with E-state index in [4.69, 9.17) is 16.3 Å². The van der Waals surface area contributed by atoms with Crippen molar-refractivity contribution < 1.29 is 13.2 Å². The molecule has 0 aliphatic heterocycles. The van der Waals surface area contributed by atoms with E-state index in [-0.39, 0.29) is 10.0 Å². The molecular weight excluding hydrogens is 264 g/mol. The first kappa shape index (κ1) is 14.4. The van der Waals surface area contributed by atoms with Gasteiger partial charge in [-0.25, -0.2) is 17.7 Å². The van der Waals surface area contributed by atoms with Crippen molar-refractivity contribution >= 4 is 21.6 Å². The summed E-state index contributed by atoms with van der Waals surface area (Å²) >= 11 is 5.61. The minimum absolute atomic E-state index is 0.141. The van der Waals surface area contributed by atoms with Crippen LogP contribution < -0.4 is 0 Å². The highest BCUT2D eigenvalue weighted by molar-refractivity contribution is 7.89. The summed E-state index contributed by atoms with van der Waals surface area (Å²) in [6.07, 6.45) is 1.90. The van der Waals surface area contributed by atoms with Gasteiger partial charge in [0.25, 0.3) is 0 Å². The van der Waals surface area contributed by atoms with Gasteiger partial charge in [-0.05, 0) is 18.6 Å². The van der Waals surface area contributed by atoms with E-state index in [1.807, 2.05) is 0 Å². The molecule has 0 aliphatic rings. The molecule has 5 nitrogen and oxygen atoms in total. The molecule has 0 aliphatic carbocycles. The maximum atomic E-state index is 12.0. The summed E-state index contributed by atoms with van der Waals surface area (Å²) in [5.74, 6) is 0. The van der Waals surface area contributed by atoms with Gasteiger partial charge in [-0.15, -0.1) is 0 Å². The van der Waals surface area contributed by atoms with Gasteiger partial charge in [-0.2, -0.15) is 0 Å². The van der Waals surface area contributed by atoms with Gasteiger partial charge in [0.15, 0.2) is 0 Å². The zero-order valence-corrected chi connectivity index (χ0v) is 11.3. The number of ether oxygens (including phenoxy) is 1. The number of hydrogen-bond acceptors (Lipinski definition) is 4. The molecule has 96 valence electrons. The lowest BCUT2D eigenvalue weighted by Crippen LogP contribution is -2.28. The third-order valence-corrected chi connectivity index (χ3v) is 4.29. The van der Waals surface area contributed by atoms with Crippen LogP contribution in [0, 0.1) is 0 Å². The number of halogens is 1. The molecule has 7 heteroatoms. The predicted molar refractivity (Wildman–Crippen MR) is 65.6 cm³/mol. The Labute approximate surface area is 106 Å². The molecule has 0 atom stereocenters.